The summed E-state index contributed by atoms with van der Waals surface area (Å²) in [5, 5.41) is 38.3. The molecule has 0 fully saturated rings. The number of aliphatic hydroxyl groups excluding tert-OH is 2. The number of aliphatic hydroxyl groups is 2. The molecule has 0 saturated carbocycles. The second-order valence-corrected chi connectivity index (χ2v) is 11.0. The van der Waals surface area contributed by atoms with Crippen molar-refractivity contribution in [3.8, 4) is 11.4 Å². The number of nitrogens with zero attached hydrogens (tertiary/aromatic N) is 6. The molecular weight excluding hydrogens is 504 g/mol. The quantitative estimate of drug-likeness (QED) is 0.167. The molecule has 1 aromatic carbocycles. The number of anilines is 2. The monoisotopic (exact) mass is 528 g/mol. The zero-order chi connectivity index (χ0) is 25.4. The molecule has 0 radical (unpaired) electrons. The van der Waals surface area contributed by atoms with Gasteiger partial charge in [0.2, 0.25) is 31.8 Å². The SMILES string of the molecule is NC[C@@H](O)CNS(=O)(=O)c1ccc(N2CC[C@@H](CO)n3ccnc32)c(-c2nn[nH]n2)c1S(N)(=O)=O. The first-order chi connectivity index (χ1) is 16.6. The van der Waals surface area contributed by atoms with Gasteiger partial charge in [-0.2, -0.15) is 5.21 Å². The number of aromatic nitrogens is 6. The zero-order valence-corrected chi connectivity index (χ0v) is 19.8. The van der Waals surface area contributed by atoms with Gasteiger partial charge in [-0.3, -0.25) is 0 Å². The third-order valence-electron chi connectivity index (χ3n) is 5.49. The van der Waals surface area contributed by atoms with Crippen LogP contribution in [0.25, 0.3) is 11.4 Å². The van der Waals surface area contributed by atoms with Crippen LogP contribution in [0.2, 0.25) is 0 Å². The average molecular weight is 529 g/mol. The van der Waals surface area contributed by atoms with Crippen molar-refractivity contribution < 1.29 is 27.0 Å². The van der Waals surface area contributed by atoms with E-state index < -0.39 is 42.5 Å². The highest BCUT2D eigenvalue weighted by atomic mass is 32.2. The summed E-state index contributed by atoms with van der Waals surface area (Å²) in [7, 11) is -9.17. The maximum atomic E-state index is 13.1. The van der Waals surface area contributed by atoms with Gasteiger partial charge in [-0.15, -0.1) is 10.2 Å². The van der Waals surface area contributed by atoms with E-state index in [1.54, 1.807) is 15.7 Å². The van der Waals surface area contributed by atoms with E-state index >= 15 is 0 Å². The van der Waals surface area contributed by atoms with Crippen LogP contribution < -0.4 is 20.5 Å². The van der Waals surface area contributed by atoms with Crippen LogP contribution in [0, 0.1) is 0 Å². The number of sulfonamides is 2. The fourth-order valence-corrected chi connectivity index (χ4v) is 6.51. The smallest absolute Gasteiger partial charge is 0.242 e. The molecule has 35 heavy (non-hydrogen) atoms. The minimum absolute atomic E-state index is 0.130. The molecule has 18 heteroatoms. The molecule has 3 heterocycles. The first-order valence-corrected chi connectivity index (χ1v) is 13.3. The number of H-pyrrole nitrogens is 1. The van der Waals surface area contributed by atoms with Crippen molar-refractivity contribution in [2.24, 2.45) is 10.9 Å². The van der Waals surface area contributed by atoms with Gasteiger partial charge in [-0.1, -0.05) is 0 Å². The van der Waals surface area contributed by atoms with E-state index in [1.165, 1.54) is 12.3 Å². The Labute approximate surface area is 200 Å². The largest absolute Gasteiger partial charge is 0.394 e. The molecule has 2 aromatic heterocycles. The van der Waals surface area contributed by atoms with Crippen molar-refractivity contribution in [3.05, 3.63) is 24.5 Å². The molecule has 0 spiro atoms. The van der Waals surface area contributed by atoms with E-state index in [1.807, 2.05) is 0 Å². The normalized spacial score (nSPS) is 17.4. The summed E-state index contributed by atoms with van der Waals surface area (Å²) in [5.74, 6) is 0.172. The summed E-state index contributed by atoms with van der Waals surface area (Å²) in [5.41, 5.74) is 5.32. The Bertz CT molecular complexity index is 1410. The van der Waals surface area contributed by atoms with Crippen LogP contribution in [0.3, 0.4) is 0 Å². The number of benzene rings is 1. The Morgan fingerprint density at radius 1 is 1.29 bits per heavy atom. The summed E-state index contributed by atoms with van der Waals surface area (Å²) in [6.07, 6.45) is 2.48. The third kappa shape index (κ3) is 4.76. The maximum absolute atomic E-state index is 13.1. The van der Waals surface area contributed by atoms with Crippen LogP contribution in [0.5, 0.6) is 0 Å². The molecule has 0 aliphatic carbocycles. The third-order valence-corrected chi connectivity index (χ3v) is 8.08. The number of rotatable bonds is 9. The second-order valence-electron chi connectivity index (χ2n) is 7.72. The summed E-state index contributed by atoms with van der Waals surface area (Å²) in [6, 6.07) is 2.22. The average Bonchev–Trinajstić information content (AvgIpc) is 3.53. The Balaban J connectivity index is 1.96. The van der Waals surface area contributed by atoms with Crippen LogP contribution in [-0.4, -0.2) is 89.6 Å². The summed E-state index contributed by atoms with van der Waals surface area (Å²) in [4.78, 5) is 4.55. The molecule has 0 bridgehead atoms. The number of imidazole rings is 1. The summed E-state index contributed by atoms with van der Waals surface area (Å²) >= 11 is 0. The minimum Gasteiger partial charge on any atom is -0.394 e. The Morgan fingerprint density at radius 3 is 2.69 bits per heavy atom. The standard InChI is InChI=1S/C17H24N10O6S2/c18-7-11(29)8-21-35(32,33)13-2-1-12(14(15(13)34(19,30)31)16-22-24-25-23-16)27-5-3-10(9-28)26-6-4-20-17(26)27/h1-2,4,6,10-11,21,28-29H,3,5,7-9,18H2,(H2,19,30,31)(H,22,23,24,25)/t10-,11+/m0/s1. The molecule has 0 saturated heterocycles. The molecule has 1 aliphatic heterocycles. The summed E-state index contributed by atoms with van der Waals surface area (Å²) < 4.78 is 55.6. The van der Waals surface area contributed by atoms with E-state index in [0.717, 1.165) is 6.07 Å². The van der Waals surface area contributed by atoms with Gasteiger partial charge < -0.3 is 25.4 Å². The highest BCUT2D eigenvalue weighted by molar-refractivity contribution is 7.92. The molecule has 16 nitrogen and oxygen atoms in total. The van der Waals surface area contributed by atoms with Crippen LogP contribution in [0.15, 0.2) is 34.3 Å². The van der Waals surface area contributed by atoms with Crippen molar-refractivity contribution in [2.75, 3.05) is 31.1 Å². The number of hydrogen-bond acceptors (Lipinski definition) is 12. The highest BCUT2D eigenvalue weighted by Crippen LogP contribution is 2.42. The number of tetrazole rings is 1. The lowest BCUT2D eigenvalue weighted by Crippen LogP contribution is -2.37. The van der Waals surface area contributed by atoms with Crippen molar-refractivity contribution in [1.82, 2.24) is 34.9 Å². The molecule has 3 aromatic rings. The molecule has 8 N–H and O–H groups in total. The van der Waals surface area contributed by atoms with Crippen molar-refractivity contribution in [2.45, 2.75) is 28.4 Å². The Hall–Kier alpha value is -3.00. The molecule has 1 aliphatic rings. The van der Waals surface area contributed by atoms with Gasteiger partial charge in [0.05, 0.1) is 30.0 Å². The number of aromatic amines is 1. The number of fused-ring (bicyclic) bond motifs is 1. The second kappa shape index (κ2) is 9.57. The number of nitrogens with two attached hydrogens (primary N) is 2. The molecule has 0 amide bonds. The fraction of sp³-hybridized carbons (Fsp3) is 0.412. The first-order valence-electron chi connectivity index (χ1n) is 10.3. The van der Waals surface area contributed by atoms with Crippen LogP contribution in [0.4, 0.5) is 11.6 Å². The highest BCUT2D eigenvalue weighted by Gasteiger charge is 2.35. The number of nitrogens with one attached hydrogen (secondary N) is 2. The Morgan fingerprint density at radius 2 is 2.06 bits per heavy atom. The van der Waals surface area contributed by atoms with Gasteiger partial charge in [0, 0.05) is 32.0 Å². The fourth-order valence-electron chi connectivity index (χ4n) is 3.85. The van der Waals surface area contributed by atoms with Crippen LogP contribution >= 0.6 is 0 Å². The van der Waals surface area contributed by atoms with Crippen molar-refractivity contribution >= 4 is 31.7 Å². The minimum atomic E-state index is -4.68. The number of primary sulfonamides is 1. The zero-order valence-electron chi connectivity index (χ0n) is 18.2. The van der Waals surface area contributed by atoms with Gasteiger partial charge in [-0.25, -0.2) is 31.7 Å². The van der Waals surface area contributed by atoms with E-state index in [-0.39, 0.29) is 36.3 Å². The van der Waals surface area contributed by atoms with E-state index in [4.69, 9.17) is 10.9 Å². The van der Waals surface area contributed by atoms with Crippen molar-refractivity contribution in [1.29, 1.82) is 0 Å². The van der Waals surface area contributed by atoms with Crippen molar-refractivity contribution in [3.63, 3.8) is 0 Å². The van der Waals surface area contributed by atoms with E-state index in [0.29, 0.717) is 18.9 Å². The molecular formula is C17H24N10O6S2. The maximum Gasteiger partial charge on any atom is 0.242 e. The molecule has 190 valence electrons. The van der Waals surface area contributed by atoms with Gasteiger partial charge in [0.15, 0.2) is 0 Å². The van der Waals surface area contributed by atoms with Gasteiger partial charge in [0.25, 0.3) is 0 Å². The molecule has 0 unspecified atom stereocenters. The first kappa shape index (κ1) is 25.1. The number of hydrogen-bond donors (Lipinski definition) is 6. The molecule has 2 atom stereocenters. The van der Waals surface area contributed by atoms with E-state index in [2.05, 4.69) is 30.3 Å². The van der Waals surface area contributed by atoms with Gasteiger partial charge in [-0.05, 0) is 23.8 Å². The molecule has 4 rings (SSSR count). The lowest BCUT2D eigenvalue weighted by molar-refractivity contribution is 0.186. The lowest BCUT2D eigenvalue weighted by Gasteiger charge is -2.34. The predicted molar refractivity (Wildman–Crippen MR) is 121 cm³/mol. The lowest BCUT2D eigenvalue weighted by atomic mass is 10.1. The predicted octanol–water partition coefficient (Wildman–Crippen LogP) is -2.62. The van der Waals surface area contributed by atoms with Crippen LogP contribution in [-0.2, 0) is 20.0 Å². The van der Waals surface area contributed by atoms with Gasteiger partial charge in [0.1, 0.15) is 9.79 Å². The van der Waals surface area contributed by atoms with Crippen LogP contribution in [0.1, 0.15) is 12.5 Å². The van der Waals surface area contributed by atoms with E-state index in [9.17, 15) is 27.0 Å². The Kier molecular flexibility index (Phi) is 6.86. The topological polar surface area (TPSA) is 248 Å². The summed E-state index contributed by atoms with van der Waals surface area (Å²) in [6.45, 7) is -0.485. The van der Waals surface area contributed by atoms with Gasteiger partial charge >= 0.3 is 0 Å².